The van der Waals surface area contributed by atoms with Gasteiger partial charge in [-0.15, -0.1) is 0 Å². The minimum Gasteiger partial charge on any atom is -0.227 e. The molecule has 0 aliphatic carbocycles. The van der Waals surface area contributed by atoms with Gasteiger partial charge in [0, 0.05) is 21.4 Å². The van der Waals surface area contributed by atoms with Crippen molar-refractivity contribution in [1.29, 1.82) is 0 Å². The van der Waals surface area contributed by atoms with E-state index in [4.69, 9.17) is 0 Å². The molecule has 2 atom stereocenters. The molecule has 0 N–H and O–H groups in total. The van der Waals surface area contributed by atoms with Gasteiger partial charge in [0.05, 0.1) is 0 Å². The molecule has 0 radical (unpaired) electrons. The second kappa shape index (κ2) is 2.96. The van der Waals surface area contributed by atoms with Gasteiger partial charge in [-0.1, -0.05) is 0 Å². The van der Waals surface area contributed by atoms with Crippen molar-refractivity contribution in [2.45, 2.75) is 0 Å². The molecular formula is Cl2O2S2. The Morgan fingerprint density at radius 1 is 1.00 bits per heavy atom. The van der Waals surface area contributed by atoms with E-state index < -0.39 is 18.1 Å². The van der Waals surface area contributed by atoms with E-state index in [1.165, 1.54) is 0 Å². The van der Waals surface area contributed by atoms with Gasteiger partial charge < -0.3 is 0 Å². The molecule has 0 amide bonds. The fourth-order valence-electron chi connectivity index (χ4n) is 0. The van der Waals surface area contributed by atoms with Crippen molar-refractivity contribution in [3.05, 3.63) is 0 Å². The SMILES string of the molecule is O=S(Cl)S(=O)Cl. The van der Waals surface area contributed by atoms with Crippen molar-refractivity contribution < 1.29 is 8.42 Å². The van der Waals surface area contributed by atoms with Crippen LogP contribution < -0.4 is 0 Å². The van der Waals surface area contributed by atoms with E-state index in [9.17, 15) is 8.42 Å². The first-order valence-electron chi connectivity index (χ1n) is 0.809. The summed E-state index contributed by atoms with van der Waals surface area (Å²) in [4.78, 5) is 0. The second-order valence-corrected chi connectivity index (χ2v) is 5.76. The van der Waals surface area contributed by atoms with E-state index >= 15 is 0 Å². The van der Waals surface area contributed by atoms with Gasteiger partial charge in [-0.3, -0.25) is 0 Å². The number of hydrogen-bond acceptors (Lipinski definition) is 2. The molecule has 0 heterocycles. The summed E-state index contributed by atoms with van der Waals surface area (Å²) in [5.41, 5.74) is 0. The number of rotatable bonds is 1. The molecule has 0 aliphatic rings. The standard InChI is InChI=1S/Cl2O2S2/c1-5(3)6(2)4. The summed E-state index contributed by atoms with van der Waals surface area (Å²) >= 11 is 0. The lowest BCUT2D eigenvalue weighted by Gasteiger charge is -1.70. The normalized spacial score (nSPS) is 19.7. The van der Waals surface area contributed by atoms with Gasteiger partial charge >= 0.3 is 0 Å². The highest BCUT2D eigenvalue weighted by Crippen LogP contribution is 1.99. The highest BCUT2D eigenvalue weighted by molar-refractivity contribution is 8.77. The summed E-state index contributed by atoms with van der Waals surface area (Å²) in [5.74, 6) is 0. The average Bonchev–Trinajstić information content (AvgIpc) is 1.36. The molecule has 0 spiro atoms. The summed E-state index contributed by atoms with van der Waals surface area (Å²) in [5, 5.41) is 0. The lowest BCUT2D eigenvalue weighted by atomic mass is 16.0. The number of hydrogen-bond donors (Lipinski definition) is 0. The predicted octanol–water partition coefficient (Wildman–Crippen LogP) is 0.706. The van der Waals surface area contributed by atoms with E-state index in [0.29, 0.717) is 0 Å². The van der Waals surface area contributed by atoms with Crippen molar-refractivity contribution in [2.24, 2.45) is 0 Å². The molecule has 6 heteroatoms. The second-order valence-electron chi connectivity index (χ2n) is 0.388. The Morgan fingerprint density at radius 2 is 1.17 bits per heavy atom. The molecule has 0 aromatic carbocycles. The third kappa shape index (κ3) is 3.08. The zero-order valence-corrected chi connectivity index (χ0v) is 5.53. The van der Waals surface area contributed by atoms with Crippen LogP contribution in [0.4, 0.5) is 0 Å². The fourth-order valence-corrected chi connectivity index (χ4v) is 0. The van der Waals surface area contributed by atoms with Crippen molar-refractivity contribution in [2.75, 3.05) is 0 Å². The minimum absolute atomic E-state index is 1.91. The van der Waals surface area contributed by atoms with Gasteiger partial charge in [0.1, 0.15) is 0 Å². The van der Waals surface area contributed by atoms with Crippen LogP contribution in [0.5, 0.6) is 0 Å². The molecule has 0 rings (SSSR count). The summed E-state index contributed by atoms with van der Waals surface area (Å²) < 4.78 is 19.2. The maximum atomic E-state index is 9.59. The lowest BCUT2D eigenvalue weighted by Crippen LogP contribution is -1.76. The van der Waals surface area contributed by atoms with Crippen molar-refractivity contribution >= 4 is 39.5 Å². The first-order valence-corrected chi connectivity index (χ1v) is 5.28. The first kappa shape index (κ1) is 6.88. The molecule has 0 aliphatic heterocycles. The third-order valence-electron chi connectivity index (χ3n) is 0.103. The van der Waals surface area contributed by atoms with Crippen LogP contribution >= 0.6 is 21.4 Å². The molecular weight excluding hydrogens is 167 g/mol. The fraction of sp³-hybridized carbons (Fsp3) is 0. The Labute approximate surface area is 48.1 Å². The largest absolute Gasteiger partial charge is 0.227 e. The maximum absolute atomic E-state index is 9.59. The van der Waals surface area contributed by atoms with Gasteiger partial charge in [-0.25, -0.2) is 8.42 Å². The lowest BCUT2D eigenvalue weighted by molar-refractivity contribution is 0.686. The highest BCUT2D eigenvalue weighted by Gasteiger charge is 1.96. The van der Waals surface area contributed by atoms with Crippen molar-refractivity contribution in [1.82, 2.24) is 0 Å². The Bertz CT molecular complexity index is 75.5. The zero-order valence-electron chi connectivity index (χ0n) is 2.39. The van der Waals surface area contributed by atoms with Crippen LogP contribution in [0.15, 0.2) is 0 Å². The Morgan fingerprint density at radius 3 is 1.17 bits per heavy atom. The molecule has 0 bridgehead atoms. The predicted molar refractivity (Wildman–Crippen MR) is 28.0 cm³/mol. The molecule has 6 heavy (non-hydrogen) atoms. The van der Waals surface area contributed by atoms with Gasteiger partial charge in [-0.05, 0) is 0 Å². The Hall–Kier alpha value is 0.880. The molecule has 38 valence electrons. The average molecular weight is 167 g/mol. The van der Waals surface area contributed by atoms with E-state index in [-0.39, 0.29) is 0 Å². The van der Waals surface area contributed by atoms with Crippen molar-refractivity contribution in [3.63, 3.8) is 0 Å². The van der Waals surface area contributed by atoms with Gasteiger partial charge in [0.2, 0.25) is 18.1 Å². The van der Waals surface area contributed by atoms with Crippen LogP contribution in [0.25, 0.3) is 0 Å². The Balaban J connectivity index is 3.57. The van der Waals surface area contributed by atoms with E-state index in [1.54, 1.807) is 0 Å². The van der Waals surface area contributed by atoms with Crippen LogP contribution in [-0.2, 0) is 18.1 Å². The number of halogens is 2. The molecule has 0 aromatic rings. The zero-order chi connectivity index (χ0) is 5.15. The summed E-state index contributed by atoms with van der Waals surface area (Å²) in [6.07, 6.45) is 0. The van der Waals surface area contributed by atoms with Crippen LogP contribution in [-0.4, -0.2) is 8.42 Å². The van der Waals surface area contributed by atoms with Gasteiger partial charge in [0.15, 0.2) is 0 Å². The van der Waals surface area contributed by atoms with Crippen LogP contribution in [0.3, 0.4) is 0 Å². The van der Waals surface area contributed by atoms with E-state index in [2.05, 4.69) is 21.4 Å². The quantitative estimate of drug-likeness (QED) is 0.425. The minimum atomic E-state index is -1.91. The topological polar surface area (TPSA) is 34.1 Å². The van der Waals surface area contributed by atoms with E-state index in [0.717, 1.165) is 0 Å². The highest BCUT2D eigenvalue weighted by atomic mass is 35.8. The Kier molecular flexibility index (Phi) is 3.39. The molecule has 0 aromatic heterocycles. The van der Waals surface area contributed by atoms with Crippen LogP contribution in [0.2, 0.25) is 0 Å². The monoisotopic (exact) mass is 166 g/mol. The molecule has 0 fully saturated rings. The summed E-state index contributed by atoms with van der Waals surface area (Å²) in [7, 11) is 5.49. The third-order valence-corrected chi connectivity index (χ3v) is 3.57. The first-order chi connectivity index (χ1) is 2.64. The van der Waals surface area contributed by atoms with Crippen LogP contribution in [0, 0.1) is 0 Å². The maximum Gasteiger partial charge on any atom is 0.221 e. The van der Waals surface area contributed by atoms with Crippen LogP contribution in [0.1, 0.15) is 0 Å². The molecule has 0 saturated heterocycles. The summed E-state index contributed by atoms with van der Waals surface area (Å²) in [6.45, 7) is 0. The molecule has 2 nitrogen and oxygen atoms in total. The smallest absolute Gasteiger partial charge is 0.221 e. The van der Waals surface area contributed by atoms with Gasteiger partial charge in [0.25, 0.3) is 0 Å². The van der Waals surface area contributed by atoms with Crippen molar-refractivity contribution in [3.8, 4) is 0 Å². The molecule has 0 saturated carbocycles. The summed E-state index contributed by atoms with van der Waals surface area (Å²) in [6, 6.07) is 0. The van der Waals surface area contributed by atoms with Gasteiger partial charge in [-0.2, -0.15) is 0 Å². The molecule has 2 unspecified atom stereocenters. The van der Waals surface area contributed by atoms with E-state index in [1.807, 2.05) is 0 Å².